The van der Waals surface area contributed by atoms with Crippen LogP contribution in [0, 0.1) is 27.7 Å². The summed E-state index contributed by atoms with van der Waals surface area (Å²) in [6.45, 7) is 7.35. The first-order valence-corrected chi connectivity index (χ1v) is 11.1. The monoisotopic (exact) mass is 491 g/mol. The van der Waals surface area contributed by atoms with Gasteiger partial charge in [-0.25, -0.2) is 14.5 Å². The maximum atomic E-state index is 13.3. The highest BCUT2D eigenvalue weighted by atomic mass is 35.5. The number of nitrogens with one attached hydrogen (secondary N) is 1. The van der Waals surface area contributed by atoms with Gasteiger partial charge in [-0.2, -0.15) is 0 Å². The zero-order valence-electron chi connectivity index (χ0n) is 19.5. The van der Waals surface area contributed by atoms with Gasteiger partial charge in [0, 0.05) is 11.4 Å². The van der Waals surface area contributed by atoms with Crippen LogP contribution in [0.1, 0.15) is 38.4 Å². The first-order valence-electron chi connectivity index (χ1n) is 10.7. The average molecular weight is 492 g/mol. The summed E-state index contributed by atoms with van der Waals surface area (Å²) in [5.74, 6) is -2.62. The van der Waals surface area contributed by atoms with E-state index in [4.69, 9.17) is 11.6 Å². The van der Waals surface area contributed by atoms with Crippen molar-refractivity contribution in [1.82, 2.24) is 9.88 Å². The Balaban J connectivity index is 1.79. The van der Waals surface area contributed by atoms with Crippen LogP contribution in [0.25, 0.3) is 11.8 Å². The van der Waals surface area contributed by atoms with Crippen LogP contribution >= 0.6 is 11.6 Å². The van der Waals surface area contributed by atoms with Gasteiger partial charge in [0.05, 0.1) is 22.0 Å². The van der Waals surface area contributed by atoms with E-state index in [0.29, 0.717) is 33.3 Å². The molecule has 0 saturated carbocycles. The van der Waals surface area contributed by atoms with E-state index in [-0.39, 0.29) is 11.1 Å². The van der Waals surface area contributed by atoms with Crippen LogP contribution in [-0.4, -0.2) is 33.5 Å². The van der Waals surface area contributed by atoms with Gasteiger partial charge in [0.25, 0.3) is 11.8 Å². The quantitative estimate of drug-likeness (QED) is 0.405. The predicted molar refractivity (Wildman–Crippen MR) is 132 cm³/mol. The van der Waals surface area contributed by atoms with E-state index in [0.717, 1.165) is 16.0 Å². The molecule has 4 rings (SSSR count). The van der Waals surface area contributed by atoms with Crippen molar-refractivity contribution >= 4 is 47.2 Å². The third kappa shape index (κ3) is 4.24. The number of amides is 4. The Labute approximate surface area is 206 Å². The van der Waals surface area contributed by atoms with Crippen molar-refractivity contribution in [2.45, 2.75) is 27.7 Å². The number of carbonyl (C=O) groups is 4. The molecule has 8 nitrogen and oxygen atoms in total. The fourth-order valence-electron chi connectivity index (χ4n) is 4.03. The summed E-state index contributed by atoms with van der Waals surface area (Å²) in [5, 5.41) is 11.9. The largest absolute Gasteiger partial charge is 0.478 e. The maximum absolute atomic E-state index is 13.3. The number of imide groups is 2. The summed E-state index contributed by atoms with van der Waals surface area (Å²) >= 11 is 6.36. The molecular weight excluding hydrogens is 470 g/mol. The van der Waals surface area contributed by atoms with E-state index in [1.807, 2.05) is 13.8 Å². The van der Waals surface area contributed by atoms with Crippen LogP contribution in [0.2, 0.25) is 5.02 Å². The van der Waals surface area contributed by atoms with Crippen molar-refractivity contribution in [2.75, 3.05) is 4.90 Å². The van der Waals surface area contributed by atoms with Crippen molar-refractivity contribution in [2.24, 2.45) is 0 Å². The first-order chi connectivity index (χ1) is 16.5. The molecule has 2 heterocycles. The molecule has 35 heavy (non-hydrogen) atoms. The highest BCUT2D eigenvalue weighted by molar-refractivity contribution is 6.39. The molecule has 1 aliphatic rings. The molecule has 4 amide bonds. The van der Waals surface area contributed by atoms with E-state index in [2.05, 4.69) is 5.32 Å². The van der Waals surface area contributed by atoms with Crippen molar-refractivity contribution in [3.63, 3.8) is 0 Å². The number of carbonyl (C=O) groups excluding carboxylic acids is 3. The molecular formula is C26H22ClN3O5. The van der Waals surface area contributed by atoms with Crippen LogP contribution in [0.5, 0.6) is 0 Å². The lowest BCUT2D eigenvalue weighted by atomic mass is 10.1. The van der Waals surface area contributed by atoms with Crippen LogP contribution in [0.4, 0.5) is 10.5 Å². The fraction of sp³-hybridized carbons (Fsp3) is 0.154. The number of benzene rings is 2. The minimum atomic E-state index is -1.09. The number of barbiturate groups is 1. The number of carboxylic acid groups (broad SMARTS) is 1. The molecule has 0 unspecified atom stereocenters. The predicted octanol–water partition coefficient (Wildman–Crippen LogP) is 4.73. The number of aromatic carboxylic acids is 1. The molecule has 0 radical (unpaired) electrons. The molecule has 0 bridgehead atoms. The summed E-state index contributed by atoms with van der Waals surface area (Å²) < 4.78 is 1.75. The second kappa shape index (κ2) is 8.88. The number of urea groups is 1. The Kier molecular flexibility index (Phi) is 6.08. The molecule has 2 aromatic carbocycles. The van der Waals surface area contributed by atoms with Crippen molar-refractivity contribution in [1.29, 1.82) is 0 Å². The molecule has 1 aliphatic heterocycles. The van der Waals surface area contributed by atoms with Crippen LogP contribution < -0.4 is 10.2 Å². The maximum Gasteiger partial charge on any atom is 0.335 e. The van der Waals surface area contributed by atoms with Gasteiger partial charge in [-0.05, 0) is 86.9 Å². The number of halogens is 1. The molecule has 178 valence electrons. The minimum absolute atomic E-state index is 0.0705. The normalized spacial score (nSPS) is 15.1. The topological polar surface area (TPSA) is 109 Å². The van der Waals surface area contributed by atoms with Gasteiger partial charge in [-0.1, -0.05) is 17.7 Å². The van der Waals surface area contributed by atoms with Gasteiger partial charge in [0.2, 0.25) is 0 Å². The number of hydrogen-bond donors (Lipinski definition) is 2. The average Bonchev–Trinajstić information content (AvgIpc) is 3.06. The summed E-state index contributed by atoms with van der Waals surface area (Å²) in [7, 11) is 0. The smallest absolute Gasteiger partial charge is 0.335 e. The number of aryl methyl sites for hydroxylation is 3. The second-order valence-corrected chi connectivity index (χ2v) is 8.77. The molecule has 2 N–H and O–H groups in total. The van der Waals surface area contributed by atoms with Crippen LogP contribution in [-0.2, 0) is 9.59 Å². The lowest BCUT2D eigenvalue weighted by Crippen LogP contribution is -2.54. The second-order valence-electron chi connectivity index (χ2n) is 8.36. The molecule has 1 fully saturated rings. The van der Waals surface area contributed by atoms with Gasteiger partial charge in [-0.15, -0.1) is 0 Å². The third-order valence-electron chi connectivity index (χ3n) is 6.05. The number of carboxylic acids is 1. The standard InChI is InChI=1S/C26H22ClN3O5/c1-13-5-7-19(9-14(13)2)30-24(32)20(23(31)28-26(30)35)11-18-10-15(3)29(16(18)4)22-12-17(25(33)34)6-8-21(22)27/h5-12H,1-4H3,(H,33,34)(H,28,31,35)/b20-11+. The number of rotatable bonds is 4. The van der Waals surface area contributed by atoms with E-state index in [1.54, 1.807) is 42.7 Å². The lowest BCUT2D eigenvalue weighted by molar-refractivity contribution is -0.122. The van der Waals surface area contributed by atoms with Crippen LogP contribution in [0.15, 0.2) is 48.0 Å². The SMILES string of the molecule is Cc1ccc(N2C(=O)NC(=O)/C(=C\c3cc(C)n(-c4cc(C(=O)O)ccc4Cl)c3C)C2=O)cc1C. The minimum Gasteiger partial charge on any atom is -0.478 e. The Morgan fingerprint density at radius 2 is 1.69 bits per heavy atom. The van der Waals surface area contributed by atoms with E-state index in [9.17, 15) is 24.3 Å². The Morgan fingerprint density at radius 3 is 2.34 bits per heavy atom. The van der Waals surface area contributed by atoms with Gasteiger partial charge >= 0.3 is 12.0 Å². The molecule has 0 aliphatic carbocycles. The van der Waals surface area contributed by atoms with Gasteiger partial charge < -0.3 is 9.67 Å². The number of hydrogen-bond acceptors (Lipinski definition) is 4. The zero-order valence-corrected chi connectivity index (χ0v) is 20.2. The summed E-state index contributed by atoms with van der Waals surface area (Å²) in [5.41, 5.74) is 4.48. The van der Waals surface area contributed by atoms with Crippen LogP contribution in [0.3, 0.4) is 0 Å². The van der Waals surface area contributed by atoms with E-state index in [1.165, 1.54) is 24.3 Å². The highest BCUT2D eigenvalue weighted by Crippen LogP contribution is 2.30. The summed E-state index contributed by atoms with van der Waals surface area (Å²) in [4.78, 5) is 50.8. The molecule has 0 atom stereocenters. The van der Waals surface area contributed by atoms with Gasteiger partial charge in [0.1, 0.15) is 5.57 Å². The fourth-order valence-corrected chi connectivity index (χ4v) is 4.24. The Morgan fingerprint density at radius 1 is 0.971 bits per heavy atom. The number of anilines is 1. The van der Waals surface area contributed by atoms with Crippen molar-refractivity contribution in [3.8, 4) is 5.69 Å². The first kappa shape index (κ1) is 24.0. The van der Waals surface area contributed by atoms with E-state index >= 15 is 0 Å². The zero-order chi connectivity index (χ0) is 25.6. The molecule has 3 aromatic rings. The van der Waals surface area contributed by atoms with Crippen molar-refractivity contribution in [3.05, 3.63) is 86.7 Å². The molecule has 9 heteroatoms. The number of aromatic nitrogens is 1. The van der Waals surface area contributed by atoms with E-state index < -0.39 is 23.8 Å². The summed E-state index contributed by atoms with van der Waals surface area (Å²) in [6, 6.07) is 10.5. The molecule has 1 aromatic heterocycles. The molecule has 0 spiro atoms. The lowest BCUT2D eigenvalue weighted by Gasteiger charge is -2.26. The summed E-state index contributed by atoms with van der Waals surface area (Å²) in [6.07, 6.45) is 1.42. The van der Waals surface area contributed by atoms with Gasteiger partial charge in [0.15, 0.2) is 0 Å². The highest BCUT2D eigenvalue weighted by Gasteiger charge is 2.37. The Bertz CT molecular complexity index is 1470. The van der Waals surface area contributed by atoms with Crippen molar-refractivity contribution < 1.29 is 24.3 Å². The van der Waals surface area contributed by atoms with Gasteiger partial charge in [-0.3, -0.25) is 14.9 Å². The number of nitrogens with zero attached hydrogens (tertiary/aromatic N) is 2. The Hall–Kier alpha value is -4.17. The third-order valence-corrected chi connectivity index (χ3v) is 6.37. The molecule has 1 saturated heterocycles.